The van der Waals surface area contributed by atoms with E-state index in [1.807, 2.05) is 0 Å². The number of carbonyl (C=O) groups is 1. The van der Waals surface area contributed by atoms with Gasteiger partial charge in [0.25, 0.3) is 5.56 Å². The minimum Gasteiger partial charge on any atom is -0.497 e. The quantitative estimate of drug-likeness (QED) is 0.303. The number of aryl methyl sites for hydroxylation is 1. The standard InChI is InChI=1S/C23H20FN3O4S2/c1-13-8-15(4-5-18(13)24)27-22(29)21-19(6-7-32-21)26-23(27)33-12-20(28)25-14-9-16(30-2)11-17(10-14)31-3/h4-11H,12H2,1-3H3,(H,25,28). The van der Waals surface area contributed by atoms with E-state index in [-0.39, 0.29) is 23.0 Å². The van der Waals surface area contributed by atoms with Crippen molar-refractivity contribution in [3.8, 4) is 17.2 Å². The fraction of sp³-hybridized carbons (Fsp3) is 0.174. The summed E-state index contributed by atoms with van der Waals surface area (Å²) in [7, 11) is 3.05. The van der Waals surface area contributed by atoms with Gasteiger partial charge in [0, 0.05) is 23.9 Å². The molecule has 0 unspecified atom stereocenters. The number of carbonyl (C=O) groups excluding carboxylic acids is 1. The van der Waals surface area contributed by atoms with E-state index in [0.29, 0.717) is 43.8 Å². The number of halogens is 1. The Bertz CT molecular complexity index is 1380. The second-order valence-electron chi connectivity index (χ2n) is 7.04. The number of anilines is 1. The van der Waals surface area contributed by atoms with Crippen LogP contribution in [-0.4, -0.2) is 35.4 Å². The van der Waals surface area contributed by atoms with Gasteiger partial charge >= 0.3 is 0 Å². The van der Waals surface area contributed by atoms with Crippen molar-refractivity contribution in [2.45, 2.75) is 12.1 Å². The van der Waals surface area contributed by atoms with E-state index in [2.05, 4.69) is 10.3 Å². The minimum absolute atomic E-state index is 0.00177. The van der Waals surface area contributed by atoms with E-state index in [0.717, 1.165) is 11.8 Å². The summed E-state index contributed by atoms with van der Waals surface area (Å²) in [5.74, 6) is 0.433. The molecular weight excluding hydrogens is 465 g/mol. The molecular formula is C23H20FN3O4S2. The van der Waals surface area contributed by atoms with E-state index in [1.54, 1.807) is 42.6 Å². The summed E-state index contributed by atoms with van der Waals surface area (Å²) < 4.78 is 26.2. The molecule has 0 fully saturated rings. The van der Waals surface area contributed by atoms with Gasteiger partial charge in [-0.25, -0.2) is 9.37 Å². The number of ether oxygens (including phenoxy) is 2. The molecule has 0 aliphatic carbocycles. The van der Waals surface area contributed by atoms with Gasteiger partial charge in [-0.3, -0.25) is 14.2 Å². The van der Waals surface area contributed by atoms with Crippen molar-refractivity contribution in [1.82, 2.24) is 9.55 Å². The molecule has 0 bridgehead atoms. The number of amides is 1. The van der Waals surface area contributed by atoms with Gasteiger partial charge in [0.15, 0.2) is 5.16 Å². The fourth-order valence-electron chi connectivity index (χ4n) is 3.19. The van der Waals surface area contributed by atoms with Crippen LogP contribution >= 0.6 is 23.1 Å². The molecule has 10 heteroatoms. The number of thiophene rings is 1. The van der Waals surface area contributed by atoms with Crippen LogP contribution in [0.15, 0.2) is 57.8 Å². The first-order chi connectivity index (χ1) is 15.9. The number of methoxy groups -OCH3 is 2. The van der Waals surface area contributed by atoms with Crippen LogP contribution in [0, 0.1) is 12.7 Å². The summed E-state index contributed by atoms with van der Waals surface area (Å²) >= 11 is 2.41. The molecule has 7 nitrogen and oxygen atoms in total. The van der Waals surface area contributed by atoms with Crippen LogP contribution in [0.5, 0.6) is 11.5 Å². The summed E-state index contributed by atoms with van der Waals surface area (Å²) in [4.78, 5) is 30.4. The molecule has 1 N–H and O–H groups in total. The van der Waals surface area contributed by atoms with Crippen molar-refractivity contribution in [2.24, 2.45) is 0 Å². The molecule has 170 valence electrons. The summed E-state index contributed by atoms with van der Waals surface area (Å²) in [6, 6.07) is 11.2. The third-order valence-corrected chi connectivity index (χ3v) is 6.65. The lowest BCUT2D eigenvalue weighted by molar-refractivity contribution is -0.113. The average molecular weight is 486 g/mol. The Labute approximate surface area is 197 Å². The van der Waals surface area contributed by atoms with E-state index in [4.69, 9.17) is 9.47 Å². The largest absolute Gasteiger partial charge is 0.497 e. The highest BCUT2D eigenvalue weighted by molar-refractivity contribution is 7.99. The Balaban J connectivity index is 1.63. The van der Waals surface area contributed by atoms with Gasteiger partial charge in [0.05, 0.1) is 31.2 Å². The number of aromatic nitrogens is 2. The molecule has 0 radical (unpaired) electrons. The van der Waals surface area contributed by atoms with Crippen LogP contribution in [0.1, 0.15) is 5.56 Å². The highest BCUT2D eigenvalue weighted by Crippen LogP contribution is 2.27. The molecule has 0 atom stereocenters. The Morgan fingerprint density at radius 3 is 2.55 bits per heavy atom. The van der Waals surface area contributed by atoms with Crippen molar-refractivity contribution < 1.29 is 18.7 Å². The molecule has 4 rings (SSSR count). The van der Waals surface area contributed by atoms with Gasteiger partial charge in [0.2, 0.25) is 5.91 Å². The topological polar surface area (TPSA) is 82.5 Å². The monoisotopic (exact) mass is 485 g/mol. The SMILES string of the molecule is COc1cc(NC(=O)CSc2nc3ccsc3c(=O)n2-c2ccc(F)c(C)c2)cc(OC)c1. The predicted octanol–water partition coefficient (Wildman–Crippen LogP) is 4.64. The molecule has 0 spiro atoms. The number of thioether (sulfide) groups is 1. The molecule has 2 aromatic heterocycles. The van der Waals surface area contributed by atoms with Crippen LogP contribution < -0.4 is 20.3 Å². The van der Waals surface area contributed by atoms with E-state index >= 15 is 0 Å². The van der Waals surface area contributed by atoms with Gasteiger partial charge in [-0.05, 0) is 42.1 Å². The molecule has 33 heavy (non-hydrogen) atoms. The Kier molecular flexibility index (Phi) is 6.66. The second-order valence-corrected chi connectivity index (χ2v) is 8.90. The number of benzene rings is 2. The van der Waals surface area contributed by atoms with Crippen LogP contribution in [0.2, 0.25) is 0 Å². The van der Waals surface area contributed by atoms with Gasteiger partial charge in [-0.1, -0.05) is 11.8 Å². The second kappa shape index (κ2) is 9.63. The van der Waals surface area contributed by atoms with E-state index < -0.39 is 0 Å². The van der Waals surface area contributed by atoms with E-state index in [1.165, 1.54) is 42.3 Å². The predicted molar refractivity (Wildman–Crippen MR) is 129 cm³/mol. The van der Waals surface area contributed by atoms with Crippen molar-refractivity contribution in [1.29, 1.82) is 0 Å². The number of fused-ring (bicyclic) bond motifs is 1. The third kappa shape index (κ3) is 4.86. The van der Waals surface area contributed by atoms with Crippen molar-refractivity contribution in [2.75, 3.05) is 25.3 Å². The van der Waals surface area contributed by atoms with Crippen molar-refractivity contribution in [3.63, 3.8) is 0 Å². The molecule has 0 aliphatic heterocycles. The molecule has 2 heterocycles. The molecule has 2 aromatic carbocycles. The first-order valence-electron chi connectivity index (χ1n) is 9.82. The number of nitrogens with one attached hydrogen (secondary N) is 1. The molecule has 0 saturated heterocycles. The van der Waals surface area contributed by atoms with Gasteiger partial charge in [0.1, 0.15) is 22.0 Å². The Hall–Kier alpha value is -3.37. The Morgan fingerprint density at radius 2 is 1.88 bits per heavy atom. The third-order valence-electron chi connectivity index (χ3n) is 4.82. The minimum atomic E-state index is -0.362. The summed E-state index contributed by atoms with van der Waals surface area (Å²) in [5, 5.41) is 4.93. The van der Waals surface area contributed by atoms with Crippen LogP contribution in [-0.2, 0) is 4.79 Å². The lowest BCUT2D eigenvalue weighted by Gasteiger charge is -2.13. The lowest BCUT2D eigenvalue weighted by atomic mass is 10.2. The number of nitrogens with zero attached hydrogens (tertiary/aromatic N) is 2. The fourth-order valence-corrected chi connectivity index (χ4v) is 4.76. The number of rotatable bonds is 7. The average Bonchev–Trinajstić information content (AvgIpc) is 3.28. The van der Waals surface area contributed by atoms with Gasteiger partial charge in [-0.15, -0.1) is 11.3 Å². The molecule has 0 aliphatic rings. The van der Waals surface area contributed by atoms with E-state index in [9.17, 15) is 14.0 Å². The lowest BCUT2D eigenvalue weighted by Crippen LogP contribution is -2.22. The maximum Gasteiger partial charge on any atom is 0.276 e. The zero-order valence-corrected chi connectivity index (χ0v) is 19.7. The van der Waals surface area contributed by atoms with Crippen molar-refractivity contribution in [3.05, 3.63) is 69.6 Å². The van der Waals surface area contributed by atoms with Crippen LogP contribution in [0.3, 0.4) is 0 Å². The number of hydrogen-bond acceptors (Lipinski definition) is 7. The maximum atomic E-state index is 13.8. The highest BCUT2D eigenvalue weighted by atomic mass is 32.2. The van der Waals surface area contributed by atoms with Crippen LogP contribution in [0.4, 0.5) is 10.1 Å². The number of hydrogen-bond donors (Lipinski definition) is 1. The first kappa shape index (κ1) is 22.8. The smallest absolute Gasteiger partial charge is 0.276 e. The summed E-state index contributed by atoms with van der Waals surface area (Å²) in [6.07, 6.45) is 0. The van der Waals surface area contributed by atoms with Gasteiger partial charge < -0.3 is 14.8 Å². The van der Waals surface area contributed by atoms with Gasteiger partial charge in [-0.2, -0.15) is 0 Å². The molecule has 4 aromatic rings. The normalized spacial score (nSPS) is 10.9. The highest BCUT2D eigenvalue weighted by Gasteiger charge is 2.17. The Morgan fingerprint density at radius 1 is 1.15 bits per heavy atom. The summed E-state index contributed by atoms with van der Waals surface area (Å²) in [6.45, 7) is 1.63. The molecule has 0 saturated carbocycles. The van der Waals surface area contributed by atoms with Crippen LogP contribution in [0.25, 0.3) is 15.9 Å². The molecule has 1 amide bonds. The van der Waals surface area contributed by atoms with Crippen molar-refractivity contribution >= 4 is 44.9 Å². The summed E-state index contributed by atoms with van der Waals surface area (Å²) in [5.41, 5.74) is 1.71. The zero-order valence-electron chi connectivity index (χ0n) is 18.0. The maximum absolute atomic E-state index is 13.8. The zero-order chi connectivity index (χ0) is 23.5. The first-order valence-corrected chi connectivity index (χ1v) is 11.7.